The van der Waals surface area contributed by atoms with Gasteiger partial charge in [-0.15, -0.1) is 11.6 Å². The Morgan fingerprint density at radius 1 is 1.38 bits per heavy atom. The molecule has 0 heterocycles. The molecular weight excluding hydrogens is 226 g/mol. The highest BCUT2D eigenvalue weighted by Gasteiger charge is 2.67. The summed E-state index contributed by atoms with van der Waals surface area (Å²) in [6, 6.07) is 7.05. The highest BCUT2D eigenvalue weighted by Crippen LogP contribution is 2.73. The van der Waals surface area contributed by atoms with E-state index in [-0.39, 0.29) is 16.0 Å². The Morgan fingerprint density at radius 2 is 2.06 bits per heavy atom. The second-order valence-electron chi connectivity index (χ2n) is 5.25. The molecule has 0 unspecified atom stereocenters. The van der Waals surface area contributed by atoms with E-state index in [2.05, 4.69) is 0 Å². The van der Waals surface area contributed by atoms with Crippen LogP contribution in [0.2, 0.25) is 0 Å². The van der Waals surface area contributed by atoms with E-state index in [1.165, 1.54) is 0 Å². The maximum absolute atomic E-state index is 10.7. The van der Waals surface area contributed by atoms with E-state index in [1.54, 1.807) is 18.2 Å². The minimum Gasteiger partial charge on any atom is -0.258 e. The van der Waals surface area contributed by atoms with Crippen molar-refractivity contribution in [3.63, 3.8) is 0 Å². The largest absolute Gasteiger partial charge is 0.269 e. The van der Waals surface area contributed by atoms with Gasteiger partial charge < -0.3 is 0 Å². The van der Waals surface area contributed by atoms with Crippen molar-refractivity contribution in [3.05, 3.63) is 39.9 Å². The molecule has 1 aromatic carbocycles. The van der Waals surface area contributed by atoms with Gasteiger partial charge >= 0.3 is 0 Å². The number of alkyl halides is 1. The lowest BCUT2D eigenvalue weighted by atomic mass is 9.34. The maximum atomic E-state index is 10.7. The summed E-state index contributed by atoms with van der Waals surface area (Å²) in [6.45, 7) is 0. The molecule has 84 valence electrons. The molecule has 3 nitrogen and oxygen atoms in total. The van der Waals surface area contributed by atoms with Crippen LogP contribution in [-0.2, 0) is 5.41 Å². The molecule has 0 saturated heterocycles. The van der Waals surface area contributed by atoms with Gasteiger partial charge in [-0.05, 0) is 35.7 Å². The van der Waals surface area contributed by atoms with Gasteiger partial charge in [0.25, 0.3) is 5.69 Å². The first-order chi connectivity index (χ1) is 7.59. The number of hydrogen-bond donors (Lipinski definition) is 0. The third kappa shape index (κ3) is 1.15. The van der Waals surface area contributed by atoms with Crippen LogP contribution in [0.1, 0.15) is 24.8 Å². The minimum atomic E-state index is -0.327. The summed E-state index contributed by atoms with van der Waals surface area (Å²) in [5.74, 6) is 0.726. The third-order valence-electron chi connectivity index (χ3n) is 4.09. The second-order valence-corrected chi connectivity index (χ2v) is 5.52. The zero-order chi connectivity index (χ0) is 11.4. The van der Waals surface area contributed by atoms with Gasteiger partial charge in [-0.1, -0.05) is 12.1 Å². The van der Waals surface area contributed by atoms with E-state index in [0.717, 1.165) is 30.7 Å². The molecule has 3 saturated carbocycles. The standard InChI is InChI=1S/C12H12ClNO2/c13-8-11-5-12(6-11,7-11)9-2-1-3-10(4-9)14(15)16/h1-4H,5-8H2. The lowest BCUT2D eigenvalue weighted by Crippen LogP contribution is -2.65. The minimum absolute atomic E-state index is 0.196. The van der Waals surface area contributed by atoms with Crippen LogP contribution in [0, 0.1) is 15.5 Å². The van der Waals surface area contributed by atoms with Gasteiger partial charge in [0.05, 0.1) is 4.92 Å². The maximum Gasteiger partial charge on any atom is 0.269 e. The van der Waals surface area contributed by atoms with Crippen LogP contribution in [0.5, 0.6) is 0 Å². The van der Waals surface area contributed by atoms with Crippen LogP contribution in [0.15, 0.2) is 24.3 Å². The summed E-state index contributed by atoms with van der Waals surface area (Å²) in [7, 11) is 0. The Bertz CT molecular complexity index is 452. The van der Waals surface area contributed by atoms with Gasteiger partial charge in [0.1, 0.15) is 0 Å². The van der Waals surface area contributed by atoms with Crippen LogP contribution in [0.25, 0.3) is 0 Å². The molecule has 1 aromatic rings. The van der Waals surface area contributed by atoms with Crippen LogP contribution in [-0.4, -0.2) is 10.8 Å². The zero-order valence-corrected chi connectivity index (χ0v) is 9.54. The van der Waals surface area contributed by atoms with Gasteiger partial charge in [0.15, 0.2) is 0 Å². The molecule has 0 N–H and O–H groups in total. The molecule has 16 heavy (non-hydrogen) atoms. The Balaban J connectivity index is 1.87. The number of nitro benzene ring substituents is 1. The van der Waals surface area contributed by atoms with Crippen LogP contribution in [0.4, 0.5) is 5.69 Å². The van der Waals surface area contributed by atoms with E-state index in [0.29, 0.717) is 5.41 Å². The van der Waals surface area contributed by atoms with Gasteiger partial charge in [0, 0.05) is 18.0 Å². The van der Waals surface area contributed by atoms with Crippen molar-refractivity contribution in [1.82, 2.24) is 0 Å². The number of nitrogens with zero attached hydrogens (tertiary/aromatic N) is 1. The Morgan fingerprint density at radius 3 is 2.62 bits per heavy atom. The van der Waals surface area contributed by atoms with Crippen molar-refractivity contribution in [3.8, 4) is 0 Å². The first-order valence-electron chi connectivity index (χ1n) is 5.40. The first kappa shape index (κ1) is 10.1. The molecule has 0 radical (unpaired) electrons. The molecule has 0 aliphatic heterocycles. The van der Waals surface area contributed by atoms with E-state index >= 15 is 0 Å². The monoisotopic (exact) mass is 237 g/mol. The summed E-state index contributed by atoms with van der Waals surface area (Å²) in [5.41, 5.74) is 1.88. The van der Waals surface area contributed by atoms with E-state index in [9.17, 15) is 10.1 Å². The number of benzene rings is 1. The lowest BCUT2D eigenvalue weighted by molar-refractivity contribution is -0.385. The van der Waals surface area contributed by atoms with Crippen molar-refractivity contribution >= 4 is 17.3 Å². The highest BCUT2D eigenvalue weighted by molar-refractivity contribution is 6.18. The summed E-state index contributed by atoms with van der Waals surface area (Å²) in [6.07, 6.45) is 3.31. The van der Waals surface area contributed by atoms with Gasteiger partial charge in [-0.25, -0.2) is 0 Å². The van der Waals surface area contributed by atoms with Crippen molar-refractivity contribution in [2.24, 2.45) is 5.41 Å². The Kier molecular flexibility index (Phi) is 1.88. The molecule has 2 bridgehead atoms. The molecule has 3 aliphatic carbocycles. The number of nitro groups is 1. The average molecular weight is 238 g/mol. The summed E-state index contributed by atoms with van der Waals surface area (Å²) < 4.78 is 0. The molecule has 4 rings (SSSR count). The van der Waals surface area contributed by atoms with Crippen molar-refractivity contribution in [2.75, 3.05) is 5.88 Å². The van der Waals surface area contributed by atoms with E-state index in [1.807, 2.05) is 6.07 Å². The van der Waals surface area contributed by atoms with Crippen LogP contribution >= 0.6 is 11.6 Å². The lowest BCUT2D eigenvalue weighted by Gasteiger charge is -2.70. The summed E-state index contributed by atoms with van der Waals surface area (Å²) in [5, 5.41) is 10.7. The van der Waals surface area contributed by atoms with Gasteiger partial charge in [-0.3, -0.25) is 10.1 Å². The fourth-order valence-corrected chi connectivity index (χ4v) is 3.68. The molecule has 0 spiro atoms. The average Bonchev–Trinajstić information content (AvgIpc) is 2.15. The van der Waals surface area contributed by atoms with E-state index in [4.69, 9.17) is 11.6 Å². The molecule has 0 atom stereocenters. The number of halogens is 1. The quantitative estimate of drug-likeness (QED) is 0.460. The van der Waals surface area contributed by atoms with Crippen molar-refractivity contribution in [1.29, 1.82) is 0 Å². The van der Waals surface area contributed by atoms with Crippen molar-refractivity contribution in [2.45, 2.75) is 24.7 Å². The normalized spacial score (nSPS) is 35.1. The summed E-state index contributed by atoms with van der Waals surface area (Å²) >= 11 is 5.91. The Labute approximate surface area is 98.6 Å². The first-order valence-corrected chi connectivity index (χ1v) is 5.94. The van der Waals surface area contributed by atoms with Gasteiger partial charge in [0.2, 0.25) is 0 Å². The predicted molar refractivity (Wildman–Crippen MR) is 61.8 cm³/mol. The van der Waals surface area contributed by atoms with E-state index < -0.39 is 0 Å². The molecular formula is C12H12ClNO2. The number of non-ortho nitro benzene ring substituents is 1. The smallest absolute Gasteiger partial charge is 0.258 e. The molecule has 0 aromatic heterocycles. The Hall–Kier alpha value is -1.09. The van der Waals surface area contributed by atoms with Crippen molar-refractivity contribution < 1.29 is 4.92 Å². The van der Waals surface area contributed by atoms with Crippen LogP contribution < -0.4 is 0 Å². The van der Waals surface area contributed by atoms with Gasteiger partial charge in [-0.2, -0.15) is 0 Å². The van der Waals surface area contributed by atoms with Crippen LogP contribution in [0.3, 0.4) is 0 Å². The molecule has 0 amide bonds. The fourth-order valence-electron chi connectivity index (χ4n) is 3.40. The predicted octanol–water partition coefficient (Wildman–Crippen LogP) is 3.26. The SMILES string of the molecule is O=[N+]([O-])c1cccc(C23CC(CCl)(C2)C3)c1. The molecule has 3 fully saturated rings. The fraction of sp³-hybridized carbons (Fsp3) is 0.500. The third-order valence-corrected chi connectivity index (χ3v) is 4.66. The molecule has 3 aliphatic rings. The second kappa shape index (κ2) is 2.98. The summed E-state index contributed by atoms with van der Waals surface area (Å²) in [4.78, 5) is 10.4. The number of hydrogen-bond acceptors (Lipinski definition) is 2. The molecule has 4 heteroatoms. The topological polar surface area (TPSA) is 43.1 Å². The number of rotatable bonds is 3. The highest BCUT2D eigenvalue weighted by atomic mass is 35.5. The zero-order valence-electron chi connectivity index (χ0n) is 8.78.